The molecular weight excluding hydrogens is 427 g/mol. The molecule has 2 saturated heterocycles. The van der Waals surface area contributed by atoms with Crippen molar-refractivity contribution < 1.29 is 4.74 Å². The fourth-order valence-corrected chi connectivity index (χ4v) is 5.12. The third-order valence-electron chi connectivity index (χ3n) is 6.48. The Labute approximate surface area is 171 Å². The summed E-state index contributed by atoms with van der Waals surface area (Å²) in [5, 5.41) is 3.83. The Balaban J connectivity index is 0.00000225. The van der Waals surface area contributed by atoms with E-state index in [0.29, 0.717) is 24.1 Å². The van der Waals surface area contributed by atoms with Gasteiger partial charge in [0, 0.05) is 49.7 Å². The zero-order valence-corrected chi connectivity index (χ0v) is 19.0. The molecule has 1 saturated carbocycles. The molecule has 146 valence electrons. The summed E-state index contributed by atoms with van der Waals surface area (Å²) in [4.78, 5) is 9.88. The number of halogens is 1. The molecule has 4 atom stereocenters. The number of hydrogen-bond acceptors (Lipinski definition) is 3. The number of hydrogen-bond donors (Lipinski definition) is 1. The highest BCUT2D eigenvalue weighted by Crippen LogP contribution is 2.52. The minimum atomic E-state index is 0. The van der Waals surface area contributed by atoms with E-state index in [0.717, 1.165) is 45.3 Å². The summed E-state index contributed by atoms with van der Waals surface area (Å²) < 4.78 is 5.94. The smallest absolute Gasteiger partial charge is 0.194 e. The number of rotatable bonds is 5. The summed E-state index contributed by atoms with van der Waals surface area (Å²) in [6, 6.07) is 1.16. The maximum Gasteiger partial charge on any atom is 0.194 e. The Morgan fingerprint density at radius 2 is 1.96 bits per heavy atom. The van der Waals surface area contributed by atoms with E-state index in [1.807, 2.05) is 0 Å². The Bertz CT molecular complexity index is 466. The van der Waals surface area contributed by atoms with E-state index in [1.54, 1.807) is 0 Å². The van der Waals surface area contributed by atoms with Crippen LogP contribution in [0.3, 0.4) is 0 Å². The van der Waals surface area contributed by atoms with Crippen molar-refractivity contribution in [3.05, 3.63) is 0 Å². The molecule has 2 heterocycles. The summed E-state index contributed by atoms with van der Waals surface area (Å²) >= 11 is 0. The number of ether oxygens (including phenoxy) is 1. The first-order valence-electron chi connectivity index (χ1n) is 9.94. The molecule has 0 aromatic heterocycles. The van der Waals surface area contributed by atoms with Gasteiger partial charge in [-0.3, -0.25) is 9.89 Å². The van der Waals surface area contributed by atoms with Crippen LogP contribution >= 0.6 is 24.0 Å². The number of likely N-dealkylation sites (N-methyl/N-ethyl adjacent to an activating group) is 1. The zero-order chi connectivity index (χ0) is 17.3. The summed E-state index contributed by atoms with van der Waals surface area (Å²) in [7, 11) is 0. The molecular formula is C19H37IN4O. The molecule has 0 amide bonds. The van der Waals surface area contributed by atoms with Gasteiger partial charge in [-0.15, -0.1) is 24.0 Å². The minimum Gasteiger partial charge on any atom is -0.377 e. The van der Waals surface area contributed by atoms with E-state index in [4.69, 9.17) is 9.73 Å². The molecule has 1 aliphatic carbocycles. The predicted octanol–water partition coefficient (Wildman–Crippen LogP) is 2.80. The maximum absolute atomic E-state index is 5.94. The molecule has 3 aliphatic rings. The number of guanidine groups is 1. The Hall–Kier alpha value is -0.0800. The first-order chi connectivity index (χ1) is 11.5. The lowest BCUT2D eigenvalue weighted by Gasteiger charge is -2.55. The van der Waals surface area contributed by atoms with Crippen molar-refractivity contribution in [1.82, 2.24) is 15.1 Å². The molecule has 0 radical (unpaired) electrons. The van der Waals surface area contributed by atoms with E-state index in [1.165, 1.54) is 12.8 Å². The van der Waals surface area contributed by atoms with Crippen LogP contribution in [0.15, 0.2) is 4.99 Å². The van der Waals surface area contributed by atoms with Gasteiger partial charge in [0.05, 0.1) is 6.10 Å². The van der Waals surface area contributed by atoms with Gasteiger partial charge in [-0.05, 0) is 32.9 Å². The van der Waals surface area contributed by atoms with Crippen molar-refractivity contribution in [2.45, 2.75) is 65.6 Å². The van der Waals surface area contributed by atoms with E-state index in [9.17, 15) is 0 Å². The van der Waals surface area contributed by atoms with Crippen LogP contribution in [0.1, 0.15) is 47.5 Å². The van der Waals surface area contributed by atoms with Crippen LogP contribution in [0.25, 0.3) is 0 Å². The number of nitrogens with zero attached hydrogens (tertiary/aromatic N) is 3. The van der Waals surface area contributed by atoms with Crippen LogP contribution in [-0.4, -0.2) is 73.3 Å². The van der Waals surface area contributed by atoms with Crippen molar-refractivity contribution >= 4 is 29.9 Å². The largest absolute Gasteiger partial charge is 0.377 e. The molecule has 5 nitrogen and oxygen atoms in total. The third kappa shape index (κ3) is 3.95. The quantitative estimate of drug-likeness (QED) is 0.386. The van der Waals surface area contributed by atoms with Gasteiger partial charge < -0.3 is 15.0 Å². The van der Waals surface area contributed by atoms with Gasteiger partial charge >= 0.3 is 0 Å². The molecule has 0 aromatic carbocycles. The summed E-state index contributed by atoms with van der Waals surface area (Å²) in [5.74, 6) is 1.78. The second-order valence-electron chi connectivity index (χ2n) is 8.09. The highest BCUT2D eigenvalue weighted by Gasteiger charge is 2.59. The zero-order valence-electron chi connectivity index (χ0n) is 16.6. The molecule has 25 heavy (non-hydrogen) atoms. The normalized spacial score (nSPS) is 33.8. The molecule has 2 aliphatic heterocycles. The van der Waals surface area contributed by atoms with Crippen molar-refractivity contribution in [3.8, 4) is 0 Å². The Morgan fingerprint density at radius 1 is 1.24 bits per heavy atom. The van der Waals surface area contributed by atoms with E-state index >= 15 is 0 Å². The lowest BCUT2D eigenvalue weighted by atomic mass is 9.57. The van der Waals surface area contributed by atoms with E-state index < -0.39 is 0 Å². The maximum atomic E-state index is 5.94. The average molecular weight is 464 g/mol. The van der Waals surface area contributed by atoms with Crippen molar-refractivity contribution in [3.63, 3.8) is 0 Å². The second kappa shape index (κ2) is 8.74. The van der Waals surface area contributed by atoms with Crippen LogP contribution in [0.2, 0.25) is 0 Å². The number of nitrogens with one attached hydrogen (secondary N) is 1. The lowest BCUT2D eigenvalue weighted by Crippen LogP contribution is -2.68. The number of likely N-dealkylation sites (tertiary alicyclic amines) is 1. The molecule has 3 rings (SSSR count). The fraction of sp³-hybridized carbons (Fsp3) is 0.947. The summed E-state index contributed by atoms with van der Waals surface area (Å²) in [6.45, 7) is 17.6. The van der Waals surface area contributed by atoms with Gasteiger partial charge in [-0.2, -0.15) is 0 Å². The summed E-state index contributed by atoms with van der Waals surface area (Å²) in [5.41, 5.74) is 0.202. The summed E-state index contributed by atoms with van der Waals surface area (Å²) in [6.07, 6.45) is 2.86. The highest BCUT2D eigenvalue weighted by atomic mass is 127. The van der Waals surface area contributed by atoms with Crippen molar-refractivity contribution in [2.24, 2.45) is 16.3 Å². The Morgan fingerprint density at radius 3 is 2.60 bits per heavy atom. The molecule has 0 spiro atoms. The first-order valence-corrected chi connectivity index (χ1v) is 9.94. The number of fused-ring (bicyclic) bond motifs is 1. The van der Waals surface area contributed by atoms with Crippen molar-refractivity contribution in [1.29, 1.82) is 0 Å². The van der Waals surface area contributed by atoms with E-state index in [2.05, 4.69) is 49.7 Å². The Kier molecular flexibility index (Phi) is 7.42. The van der Waals surface area contributed by atoms with Crippen molar-refractivity contribution in [2.75, 3.05) is 39.3 Å². The van der Waals surface area contributed by atoms with Gasteiger partial charge in [0.1, 0.15) is 0 Å². The van der Waals surface area contributed by atoms with Gasteiger partial charge in [0.25, 0.3) is 0 Å². The van der Waals surface area contributed by atoms with E-state index in [-0.39, 0.29) is 29.4 Å². The van der Waals surface area contributed by atoms with Gasteiger partial charge in [-0.1, -0.05) is 27.7 Å². The molecule has 4 unspecified atom stereocenters. The highest BCUT2D eigenvalue weighted by molar-refractivity contribution is 14.0. The molecule has 1 N–H and O–H groups in total. The van der Waals surface area contributed by atoms with Gasteiger partial charge in [0.15, 0.2) is 5.96 Å². The van der Waals surface area contributed by atoms with Crippen LogP contribution in [-0.2, 0) is 4.74 Å². The fourth-order valence-electron chi connectivity index (χ4n) is 5.12. The van der Waals surface area contributed by atoms with Crippen LogP contribution in [0.4, 0.5) is 0 Å². The average Bonchev–Trinajstić information content (AvgIpc) is 3.21. The predicted molar refractivity (Wildman–Crippen MR) is 115 cm³/mol. The SMILES string of the molecule is CCN=C(NC1C2CCOC2C1(C)C)N1CCC(N(CC)CC)C1.I. The molecule has 3 fully saturated rings. The lowest BCUT2D eigenvalue weighted by molar-refractivity contribution is -0.107. The third-order valence-corrected chi connectivity index (χ3v) is 6.48. The van der Waals surface area contributed by atoms with Crippen LogP contribution < -0.4 is 5.32 Å². The number of aliphatic imine (C=N–C) groups is 1. The van der Waals surface area contributed by atoms with Crippen LogP contribution in [0, 0.1) is 11.3 Å². The second-order valence-corrected chi connectivity index (χ2v) is 8.09. The van der Waals surface area contributed by atoms with Gasteiger partial charge in [-0.25, -0.2) is 0 Å². The minimum absolute atomic E-state index is 0. The molecule has 6 heteroatoms. The topological polar surface area (TPSA) is 40.1 Å². The standard InChI is InChI=1S/C19H36N4O.HI/c1-6-20-18(23-11-9-14(13-23)22(7-2)8-3)21-16-15-10-12-24-17(15)19(16,4)5;/h14-17H,6-13H2,1-5H3,(H,20,21);1H. The van der Waals surface area contributed by atoms with Crippen LogP contribution in [0.5, 0.6) is 0 Å². The van der Waals surface area contributed by atoms with Gasteiger partial charge in [0.2, 0.25) is 0 Å². The first kappa shape index (κ1) is 21.2. The molecule has 0 aromatic rings. The monoisotopic (exact) mass is 464 g/mol. The molecule has 0 bridgehead atoms.